The lowest BCUT2D eigenvalue weighted by molar-refractivity contribution is 0.746. The second kappa shape index (κ2) is 7.94. The van der Waals surface area contributed by atoms with E-state index >= 15 is 0 Å². The van der Waals surface area contributed by atoms with Crippen LogP contribution in [0.25, 0.3) is 0 Å². The monoisotopic (exact) mass is 265 g/mol. The molecule has 19 heavy (non-hydrogen) atoms. The summed E-state index contributed by atoms with van der Waals surface area (Å²) in [5.74, 6) is 2.82. The van der Waals surface area contributed by atoms with E-state index in [2.05, 4.69) is 52.2 Å². The summed E-state index contributed by atoms with van der Waals surface area (Å²) in [6, 6.07) is 2.07. The molecule has 0 radical (unpaired) electrons. The predicted molar refractivity (Wildman–Crippen MR) is 82.1 cm³/mol. The van der Waals surface area contributed by atoms with Crippen molar-refractivity contribution in [3.63, 3.8) is 0 Å². The van der Waals surface area contributed by atoms with E-state index in [1.165, 1.54) is 12.8 Å². The van der Waals surface area contributed by atoms with Crippen LogP contribution in [0.3, 0.4) is 0 Å². The highest BCUT2D eigenvalue weighted by Gasteiger charge is 2.09. The molecule has 1 N–H and O–H groups in total. The highest BCUT2D eigenvalue weighted by atomic mass is 15.2. The fourth-order valence-corrected chi connectivity index (χ4v) is 1.83. The maximum absolute atomic E-state index is 4.52. The van der Waals surface area contributed by atoms with Gasteiger partial charge in [0, 0.05) is 39.8 Å². The zero-order valence-electron chi connectivity index (χ0n) is 12.9. The molecule has 1 aromatic heterocycles. The lowest BCUT2D eigenvalue weighted by atomic mass is 10.3. The van der Waals surface area contributed by atoms with Gasteiger partial charge in [-0.25, -0.2) is 9.97 Å². The molecule has 1 rings (SSSR count). The number of unbranched alkanes of at least 4 members (excludes halogenated alkanes) is 1. The Kier molecular flexibility index (Phi) is 6.56. The van der Waals surface area contributed by atoms with E-state index in [4.69, 9.17) is 0 Å². The van der Waals surface area contributed by atoms with Crippen molar-refractivity contribution in [2.24, 2.45) is 0 Å². The average Bonchev–Trinajstić information content (AvgIpc) is 2.41. The number of nitrogens with one attached hydrogen (secondary N) is 1. The molecule has 0 atom stereocenters. The number of hydrogen-bond acceptors (Lipinski definition) is 5. The molecule has 0 saturated heterocycles. The van der Waals surface area contributed by atoms with Crippen LogP contribution in [0.5, 0.6) is 0 Å². The third-order valence-electron chi connectivity index (χ3n) is 3.14. The fourth-order valence-electron chi connectivity index (χ4n) is 1.83. The molecule has 0 aliphatic heterocycles. The molecule has 5 heteroatoms. The van der Waals surface area contributed by atoms with Gasteiger partial charge in [0.05, 0.1) is 0 Å². The van der Waals surface area contributed by atoms with Gasteiger partial charge < -0.3 is 15.1 Å². The molecule has 0 aliphatic carbocycles. The van der Waals surface area contributed by atoms with Crippen molar-refractivity contribution in [2.45, 2.75) is 26.7 Å². The molecule has 0 bridgehead atoms. The van der Waals surface area contributed by atoms with Gasteiger partial charge in [-0.05, 0) is 20.4 Å². The zero-order valence-corrected chi connectivity index (χ0v) is 12.9. The maximum atomic E-state index is 4.52. The topological polar surface area (TPSA) is 44.3 Å². The van der Waals surface area contributed by atoms with Gasteiger partial charge in [0.1, 0.15) is 17.5 Å². The molecule has 0 unspecified atom stereocenters. The van der Waals surface area contributed by atoms with Gasteiger partial charge in [-0.2, -0.15) is 0 Å². The van der Waals surface area contributed by atoms with Gasteiger partial charge in [-0.15, -0.1) is 0 Å². The molecule has 0 aromatic carbocycles. The molecule has 0 spiro atoms. The van der Waals surface area contributed by atoms with E-state index in [1.807, 2.05) is 14.0 Å². The minimum atomic E-state index is 0.826. The average molecular weight is 265 g/mol. The Hall–Kier alpha value is -1.36. The molecule has 0 saturated carbocycles. The molecule has 1 aromatic rings. The number of rotatable bonds is 8. The van der Waals surface area contributed by atoms with Crippen molar-refractivity contribution in [3.05, 3.63) is 11.9 Å². The normalized spacial score (nSPS) is 10.6. The van der Waals surface area contributed by atoms with Gasteiger partial charge in [0.15, 0.2) is 0 Å². The van der Waals surface area contributed by atoms with Crippen molar-refractivity contribution in [1.29, 1.82) is 0 Å². The summed E-state index contributed by atoms with van der Waals surface area (Å²) in [6.07, 6.45) is 2.38. The van der Waals surface area contributed by atoms with Gasteiger partial charge in [0.2, 0.25) is 0 Å². The van der Waals surface area contributed by atoms with E-state index in [0.29, 0.717) is 0 Å². The second-order valence-corrected chi connectivity index (χ2v) is 4.93. The Bertz CT molecular complexity index is 348. The van der Waals surface area contributed by atoms with Crippen LogP contribution in [0, 0.1) is 6.92 Å². The lowest BCUT2D eigenvalue weighted by Crippen LogP contribution is -2.28. The Morgan fingerprint density at radius 2 is 1.68 bits per heavy atom. The standard InChI is InChI=1S/C14H27N5/c1-6-7-9-18(4)13-11-14(17-12(2)16-13)19(5)10-8-15-3/h11,15H,6-10H2,1-5H3. The predicted octanol–water partition coefficient (Wildman–Crippen LogP) is 1.68. The molecule has 0 amide bonds. The Balaban J connectivity index is 2.80. The van der Waals surface area contributed by atoms with Gasteiger partial charge in [-0.3, -0.25) is 0 Å². The molecule has 5 nitrogen and oxygen atoms in total. The van der Waals surface area contributed by atoms with Crippen LogP contribution in [0.4, 0.5) is 11.6 Å². The molecular formula is C14H27N5. The first-order valence-corrected chi connectivity index (χ1v) is 7.01. The van der Waals surface area contributed by atoms with Crippen LogP contribution in [0.15, 0.2) is 6.07 Å². The van der Waals surface area contributed by atoms with Gasteiger partial charge >= 0.3 is 0 Å². The van der Waals surface area contributed by atoms with E-state index in [9.17, 15) is 0 Å². The minimum absolute atomic E-state index is 0.826. The van der Waals surface area contributed by atoms with E-state index < -0.39 is 0 Å². The minimum Gasteiger partial charge on any atom is -0.360 e. The molecule has 0 aliphatic rings. The SMILES string of the molecule is CCCCN(C)c1cc(N(C)CCNC)nc(C)n1. The van der Waals surface area contributed by atoms with Crippen molar-refractivity contribution in [3.8, 4) is 0 Å². The second-order valence-electron chi connectivity index (χ2n) is 4.93. The summed E-state index contributed by atoms with van der Waals surface area (Å²) in [5, 5.41) is 3.15. The van der Waals surface area contributed by atoms with Gasteiger partial charge in [0.25, 0.3) is 0 Å². The third kappa shape index (κ3) is 5.03. The largest absolute Gasteiger partial charge is 0.360 e. The number of aromatic nitrogens is 2. The summed E-state index contributed by atoms with van der Waals surface area (Å²) < 4.78 is 0. The summed E-state index contributed by atoms with van der Waals surface area (Å²) in [7, 11) is 6.12. The number of aryl methyl sites for hydroxylation is 1. The van der Waals surface area contributed by atoms with E-state index in [0.717, 1.165) is 37.1 Å². The van der Waals surface area contributed by atoms with Crippen LogP contribution in [0.2, 0.25) is 0 Å². The highest BCUT2D eigenvalue weighted by Crippen LogP contribution is 2.17. The summed E-state index contributed by atoms with van der Waals surface area (Å²) >= 11 is 0. The van der Waals surface area contributed by atoms with Gasteiger partial charge in [-0.1, -0.05) is 13.3 Å². The summed E-state index contributed by atoms with van der Waals surface area (Å²) in [5.41, 5.74) is 0. The number of anilines is 2. The zero-order chi connectivity index (χ0) is 14.3. The fraction of sp³-hybridized carbons (Fsp3) is 0.714. The van der Waals surface area contributed by atoms with Crippen molar-refractivity contribution >= 4 is 11.6 Å². The first-order chi connectivity index (χ1) is 9.08. The lowest BCUT2D eigenvalue weighted by Gasteiger charge is -2.22. The Morgan fingerprint density at radius 3 is 2.21 bits per heavy atom. The molecule has 0 fully saturated rings. The number of likely N-dealkylation sites (N-methyl/N-ethyl adjacent to an activating group) is 2. The van der Waals surface area contributed by atoms with Crippen LogP contribution in [-0.4, -0.2) is 50.7 Å². The summed E-state index contributed by atoms with van der Waals surface area (Å²) in [4.78, 5) is 13.4. The van der Waals surface area contributed by atoms with Crippen LogP contribution in [-0.2, 0) is 0 Å². The number of nitrogens with zero attached hydrogens (tertiary/aromatic N) is 4. The Labute approximate surface area is 117 Å². The smallest absolute Gasteiger partial charge is 0.134 e. The molecule has 108 valence electrons. The van der Waals surface area contributed by atoms with Crippen LogP contribution < -0.4 is 15.1 Å². The third-order valence-corrected chi connectivity index (χ3v) is 3.14. The van der Waals surface area contributed by atoms with E-state index in [-0.39, 0.29) is 0 Å². The highest BCUT2D eigenvalue weighted by molar-refractivity contribution is 5.50. The quantitative estimate of drug-likeness (QED) is 0.775. The van der Waals surface area contributed by atoms with Crippen LogP contribution in [0.1, 0.15) is 25.6 Å². The van der Waals surface area contributed by atoms with Crippen molar-refractivity contribution < 1.29 is 0 Å². The van der Waals surface area contributed by atoms with Crippen molar-refractivity contribution in [1.82, 2.24) is 15.3 Å². The first-order valence-electron chi connectivity index (χ1n) is 7.01. The first kappa shape index (κ1) is 15.7. The molecule has 1 heterocycles. The Morgan fingerprint density at radius 1 is 1.11 bits per heavy atom. The van der Waals surface area contributed by atoms with Crippen LogP contribution >= 0.6 is 0 Å². The maximum Gasteiger partial charge on any atom is 0.134 e. The molecular weight excluding hydrogens is 238 g/mol. The van der Waals surface area contributed by atoms with Crippen molar-refractivity contribution in [2.75, 3.05) is 50.6 Å². The number of hydrogen-bond donors (Lipinski definition) is 1. The van der Waals surface area contributed by atoms with E-state index in [1.54, 1.807) is 0 Å². The summed E-state index contributed by atoms with van der Waals surface area (Å²) in [6.45, 7) is 7.07.